The number of benzene rings is 1. The molecule has 98 valence electrons. The molecular formula is C14H18BrNO2. The van der Waals surface area contributed by atoms with E-state index in [2.05, 4.69) is 22.0 Å². The Labute approximate surface area is 116 Å². The van der Waals surface area contributed by atoms with Crippen LogP contribution in [-0.4, -0.2) is 17.1 Å². The number of aliphatic carboxylic acids is 1. The molecule has 3 N–H and O–H groups in total. The van der Waals surface area contributed by atoms with E-state index in [-0.39, 0.29) is 12.5 Å². The van der Waals surface area contributed by atoms with Gasteiger partial charge in [0.1, 0.15) is 0 Å². The number of hydrogen-bond acceptors (Lipinski definition) is 2. The lowest BCUT2D eigenvalue weighted by atomic mass is 9.72. The van der Waals surface area contributed by atoms with Crippen molar-refractivity contribution in [2.45, 2.75) is 44.1 Å². The van der Waals surface area contributed by atoms with Crippen LogP contribution < -0.4 is 5.73 Å². The smallest absolute Gasteiger partial charge is 0.304 e. The van der Waals surface area contributed by atoms with Crippen LogP contribution in [0.2, 0.25) is 0 Å². The molecule has 0 aliphatic heterocycles. The van der Waals surface area contributed by atoms with E-state index in [9.17, 15) is 9.90 Å². The third kappa shape index (κ3) is 2.19. The molecule has 2 rings (SSSR count). The van der Waals surface area contributed by atoms with Gasteiger partial charge in [-0.2, -0.15) is 0 Å². The Balaban J connectivity index is 2.48. The highest BCUT2D eigenvalue weighted by Gasteiger charge is 2.44. The summed E-state index contributed by atoms with van der Waals surface area (Å²) in [7, 11) is 0. The number of carboxylic acids is 1. The Morgan fingerprint density at radius 1 is 1.61 bits per heavy atom. The predicted molar refractivity (Wildman–Crippen MR) is 74.7 cm³/mol. The molecule has 2 unspecified atom stereocenters. The van der Waals surface area contributed by atoms with E-state index in [0.29, 0.717) is 0 Å². The molecule has 1 aromatic carbocycles. The van der Waals surface area contributed by atoms with Gasteiger partial charge in [0.15, 0.2) is 0 Å². The summed E-state index contributed by atoms with van der Waals surface area (Å²) in [5.41, 5.74) is 8.21. The maximum atomic E-state index is 11.2. The van der Waals surface area contributed by atoms with E-state index in [4.69, 9.17) is 5.73 Å². The largest absolute Gasteiger partial charge is 0.481 e. The van der Waals surface area contributed by atoms with Crippen LogP contribution in [0.5, 0.6) is 0 Å². The van der Waals surface area contributed by atoms with Gasteiger partial charge in [-0.05, 0) is 42.5 Å². The number of rotatable bonds is 4. The zero-order valence-corrected chi connectivity index (χ0v) is 12.0. The van der Waals surface area contributed by atoms with Gasteiger partial charge in [-0.25, -0.2) is 0 Å². The summed E-state index contributed by atoms with van der Waals surface area (Å²) in [6, 6.07) is 5.99. The molecule has 0 amide bonds. The first-order valence-corrected chi connectivity index (χ1v) is 7.05. The van der Waals surface area contributed by atoms with Crippen molar-refractivity contribution < 1.29 is 9.90 Å². The van der Waals surface area contributed by atoms with Crippen LogP contribution in [0, 0.1) is 0 Å². The van der Waals surface area contributed by atoms with E-state index in [1.54, 1.807) is 0 Å². The zero-order valence-electron chi connectivity index (χ0n) is 10.4. The summed E-state index contributed by atoms with van der Waals surface area (Å²) in [5, 5.41) is 9.20. The van der Waals surface area contributed by atoms with Gasteiger partial charge in [-0.1, -0.05) is 28.9 Å². The lowest BCUT2D eigenvalue weighted by Crippen LogP contribution is -2.45. The Hall–Kier alpha value is -0.870. The highest BCUT2D eigenvalue weighted by Crippen LogP contribution is 2.45. The first-order chi connectivity index (χ1) is 8.49. The number of carbonyl (C=O) groups is 1. The van der Waals surface area contributed by atoms with Crippen molar-refractivity contribution in [1.29, 1.82) is 0 Å². The lowest BCUT2D eigenvalue weighted by Gasteiger charge is -2.34. The van der Waals surface area contributed by atoms with Crippen molar-refractivity contribution >= 4 is 21.9 Å². The van der Waals surface area contributed by atoms with Crippen molar-refractivity contribution in [3.63, 3.8) is 0 Å². The molecule has 0 spiro atoms. The molecule has 0 saturated carbocycles. The molecule has 0 heterocycles. The number of fused-ring (bicyclic) bond motifs is 1. The maximum absolute atomic E-state index is 11.2. The molecule has 18 heavy (non-hydrogen) atoms. The van der Waals surface area contributed by atoms with Crippen LogP contribution in [0.1, 0.15) is 37.3 Å². The number of halogens is 1. The molecule has 1 aromatic rings. The summed E-state index contributed by atoms with van der Waals surface area (Å²) >= 11 is 3.46. The molecule has 0 radical (unpaired) electrons. The highest BCUT2D eigenvalue weighted by atomic mass is 79.9. The third-order valence-corrected chi connectivity index (χ3v) is 4.55. The zero-order chi connectivity index (χ0) is 13.3. The third-order valence-electron chi connectivity index (χ3n) is 4.06. The second-order valence-electron chi connectivity index (χ2n) is 5.04. The second kappa shape index (κ2) is 5.02. The van der Waals surface area contributed by atoms with Crippen molar-refractivity contribution in [3.05, 3.63) is 33.8 Å². The van der Waals surface area contributed by atoms with Gasteiger partial charge in [0, 0.05) is 15.9 Å². The van der Waals surface area contributed by atoms with Crippen LogP contribution in [0.4, 0.5) is 0 Å². The molecule has 0 aromatic heterocycles. The van der Waals surface area contributed by atoms with Gasteiger partial charge in [0.2, 0.25) is 0 Å². The summed E-state index contributed by atoms with van der Waals surface area (Å²) in [6.45, 7) is 2.02. The Kier molecular flexibility index (Phi) is 3.78. The summed E-state index contributed by atoms with van der Waals surface area (Å²) in [5.74, 6) is -0.769. The molecule has 1 aliphatic rings. The fourth-order valence-corrected chi connectivity index (χ4v) is 3.52. The lowest BCUT2D eigenvalue weighted by molar-refractivity contribution is -0.138. The van der Waals surface area contributed by atoms with Crippen molar-refractivity contribution in [2.75, 3.05) is 0 Å². The number of aryl methyl sites for hydroxylation is 1. The van der Waals surface area contributed by atoms with E-state index in [1.807, 2.05) is 19.1 Å². The monoisotopic (exact) mass is 311 g/mol. The minimum Gasteiger partial charge on any atom is -0.481 e. The van der Waals surface area contributed by atoms with Gasteiger partial charge in [0.25, 0.3) is 0 Å². The predicted octanol–water partition coefficient (Wildman–Crippen LogP) is 2.85. The summed E-state index contributed by atoms with van der Waals surface area (Å²) in [4.78, 5) is 11.2. The average molecular weight is 312 g/mol. The normalized spacial score (nSPS) is 23.7. The number of nitrogens with two attached hydrogens (primary N) is 1. The van der Waals surface area contributed by atoms with Gasteiger partial charge in [-0.3, -0.25) is 4.79 Å². The number of hydrogen-bond donors (Lipinski definition) is 2. The average Bonchev–Trinajstić information content (AvgIpc) is 2.66. The van der Waals surface area contributed by atoms with Crippen LogP contribution in [0.25, 0.3) is 0 Å². The highest BCUT2D eigenvalue weighted by molar-refractivity contribution is 9.10. The molecule has 3 nitrogen and oxygen atoms in total. The Bertz CT molecular complexity index is 475. The van der Waals surface area contributed by atoms with E-state index >= 15 is 0 Å². The molecule has 0 bridgehead atoms. The van der Waals surface area contributed by atoms with Crippen molar-refractivity contribution in [3.8, 4) is 0 Å². The fourth-order valence-electron chi connectivity index (χ4n) is 3.11. The minimum atomic E-state index is -0.769. The molecular weight excluding hydrogens is 294 g/mol. The van der Waals surface area contributed by atoms with Gasteiger partial charge < -0.3 is 10.8 Å². The van der Waals surface area contributed by atoms with Gasteiger partial charge in [0.05, 0.1) is 6.42 Å². The van der Waals surface area contributed by atoms with Crippen LogP contribution in [0.3, 0.4) is 0 Å². The molecule has 1 aliphatic carbocycles. The first-order valence-electron chi connectivity index (χ1n) is 6.26. The van der Waals surface area contributed by atoms with Crippen molar-refractivity contribution in [1.82, 2.24) is 0 Å². The summed E-state index contributed by atoms with van der Waals surface area (Å²) in [6.07, 6.45) is 2.66. The van der Waals surface area contributed by atoms with E-state index < -0.39 is 11.4 Å². The maximum Gasteiger partial charge on any atom is 0.304 e. The molecule has 0 fully saturated rings. The van der Waals surface area contributed by atoms with Crippen LogP contribution in [-0.2, 0) is 16.6 Å². The standard InChI is InChI=1S/C14H18BrNO2/c1-2-12(16)14(8-13(17)18)6-5-9-7-10(15)3-4-11(9)14/h3-4,7,12H,2,5-6,8,16H2,1H3,(H,17,18). The number of carboxylic acid groups (broad SMARTS) is 1. The second-order valence-corrected chi connectivity index (χ2v) is 5.96. The molecule has 2 atom stereocenters. The first kappa shape index (κ1) is 13.6. The van der Waals surface area contributed by atoms with E-state index in [0.717, 1.165) is 29.3 Å². The SMILES string of the molecule is CCC(N)C1(CC(=O)O)CCc2cc(Br)ccc21. The Morgan fingerprint density at radius 2 is 2.33 bits per heavy atom. The molecule has 0 saturated heterocycles. The molecule has 4 heteroatoms. The van der Waals surface area contributed by atoms with Crippen LogP contribution >= 0.6 is 15.9 Å². The van der Waals surface area contributed by atoms with Gasteiger partial charge in [-0.15, -0.1) is 0 Å². The minimum absolute atomic E-state index is 0.101. The van der Waals surface area contributed by atoms with Crippen molar-refractivity contribution in [2.24, 2.45) is 5.73 Å². The quantitative estimate of drug-likeness (QED) is 0.898. The van der Waals surface area contributed by atoms with E-state index in [1.165, 1.54) is 5.56 Å². The fraction of sp³-hybridized carbons (Fsp3) is 0.500. The van der Waals surface area contributed by atoms with Crippen LogP contribution in [0.15, 0.2) is 22.7 Å². The summed E-state index contributed by atoms with van der Waals surface area (Å²) < 4.78 is 1.04. The Morgan fingerprint density at radius 3 is 2.94 bits per heavy atom. The van der Waals surface area contributed by atoms with Gasteiger partial charge >= 0.3 is 5.97 Å². The topological polar surface area (TPSA) is 63.3 Å².